The first-order valence-electron chi connectivity index (χ1n) is 10.8. The van der Waals surface area contributed by atoms with Crippen LogP contribution in [0.15, 0.2) is 71.7 Å². The number of allylic oxidation sites excluding steroid dienone is 2. The summed E-state index contributed by atoms with van der Waals surface area (Å²) in [5.74, 6) is -2.88. The van der Waals surface area contributed by atoms with Gasteiger partial charge in [-0.2, -0.15) is 13.2 Å². The van der Waals surface area contributed by atoms with E-state index in [2.05, 4.69) is 5.32 Å². The molecule has 1 atom stereocenters. The molecule has 2 heterocycles. The summed E-state index contributed by atoms with van der Waals surface area (Å²) in [5, 5.41) is 2.26. The molecule has 2 aromatic carbocycles. The molecule has 0 aromatic heterocycles. The second-order valence-corrected chi connectivity index (χ2v) is 9.68. The lowest BCUT2D eigenvalue weighted by atomic mass is 10.2. The van der Waals surface area contributed by atoms with Crippen molar-refractivity contribution in [2.24, 2.45) is 0 Å². The van der Waals surface area contributed by atoms with Crippen LogP contribution in [0.2, 0.25) is 0 Å². The molecule has 0 unspecified atom stereocenters. The zero-order chi connectivity index (χ0) is 26.7. The van der Waals surface area contributed by atoms with Gasteiger partial charge in [0.2, 0.25) is 11.8 Å². The Hall–Kier alpha value is -3.77. The summed E-state index contributed by atoms with van der Waals surface area (Å²) >= 11 is 6.26. The number of hydrogen-bond donors (Lipinski definition) is 1. The standard InChI is InChI=1S/C25H18F3N3O4S2/c26-25(27,28)16-9-5-10-17(12-16)29-20(32)14-30-21(33)13-18(22(30)34)31-23(35)19(37-24(31)36)11-4-8-15-6-2-1-3-7-15/h1-12,18H,13-14H2,(H,29,32)/b8-4+,19-11-/t18-/m1/s1. The zero-order valence-electron chi connectivity index (χ0n) is 18.9. The number of likely N-dealkylation sites (tertiary alicyclic amines) is 1. The Balaban J connectivity index is 1.41. The molecular formula is C25H18F3N3O4S2. The van der Waals surface area contributed by atoms with Gasteiger partial charge in [0, 0.05) is 5.69 Å². The fourth-order valence-corrected chi connectivity index (χ4v) is 5.03. The molecule has 2 aliphatic rings. The van der Waals surface area contributed by atoms with E-state index in [4.69, 9.17) is 12.2 Å². The monoisotopic (exact) mass is 545 g/mol. The molecule has 2 saturated heterocycles. The maximum Gasteiger partial charge on any atom is 0.416 e. The van der Waals surface area contributed by atoms with Crippen LogP contribution in [0.3, 0.4) is 0 Å². The van der Waals surface area contributed by atoms with Gasteiger partial charge in [-0.15, -0.1) is 0 Å². The maximum absolute atomic E-state index is 13.0. The molecule has 2 aromatic rings. The van der Waals surface area contributed by atoms with Crippen molar-refractivity contribution in [1.29, 1.82) is 0 Å². The molecule has 4 amide bonds. The second kappa shape index (κ2) is 10.7. The number of carbonyl (C=O) groups is 4. The average Bonchev–Trinajstić information content (AvgIpc) is 3.28. The highest BCUT2D eigenvalue weighted by Crippen LogP contribution is 2.35. The smallest absolute Gasteiger partial charge is 0.325 e. The molecule has 0 saturated carbocycles. The Kier molecular flexibility index (Phi) is 7.60. The van der Waals surface area contributed by atoms with Gasteiger partial charge in [0.25, 0.3) is 11.8 Å². The molecule has 2 fully saturated rings. The summed E-state index contributed by atoms with van der Waals surface area (Å²) in [6, 6.07) is 12.1. The predicted octanol–water partition coefficient (Wildman–Crippen LogP) is 4.23. The van der Waals surface area contributed by atoms with Crippen LogP contribution in [0, 0.1) is 0 Å². The van der Waals surface area contributed by atoms with Crippen LogP contribution >= 0.6 is 24.0 Å². The van der Waals surface area contributed by atoms with Crippen molar-refractivity contribution in [1.82, 2.24) is 9.80 Å². The van der Waals surface area contributed by atoms with Gasteiger partial charge in [-0.05, 0) is 29.8 Å². The summed E-state index contributed by atoms with van der Waals surface area (Å²) in [5.41, 5.74) is -0.175. The van der Waals surface area contributed by atoms with Crippen molar-refractivity contribution in [3.05, 3.63) is 82.8 Å². The first-order valence-corrected chi connectivity index (χ1v) is 12.1. The van der Waals surface area contributed by atoms with Crippen molar-refractivity contribution in [2.75, 3.05) is 11.9 Å². The number of carbonyl (C=O) groups excluding carboxylic acids is 4. The van der Waals surface area contributed by atoms with Crippen LogP contribution in [0.5, 0.6) is 0 Å². The van der Waals surface area contributed by atoms with Gasteiger partial charge in [-0.25, -0.2) is 0 Å². The minimum atomic E-state index is -4.60. The fourth-order valence-electron chi connectivity index (χ4n) is 3.72. The molecule has 0 aliphatic carbocycles. The minimum absolute atomic E-state index is 0.103. The van der Waals surface area contributed by atoms with Crippen LogP contribution < -0.4 is 5.32 Å². The highest BCUT2D eigenvalue weighted by molar-refractivity contribution is 8.26. The first-order chi connectivity index (χ1) is 17.5. The third-order valence-corrected chi connectivity index (χ3v) is 6.82. The predicted molar refractivity (Wildman–Crippen MR) is 136 cm³/mol. The zero-order valence-corrected chi connectivity index (χ0v) is 20.5. The Morgan fingerprint density at radius 1 is 1.11 bits per heavy atom. The SMILES string of the molecule is O=C(CN1C(=O)C[C@@H](N2C(=O)/C(=C/C=C/c3ccccc3)SC2=S)C1=O)Nc1cccc(C(F)(F)F)c1. The van der Waals surface area contributed by atoms with E-state index in [1.165, 1.54) is 6.07 Å². The van der Waals surface area contributed by atoms with Gasteiger partial charge in [-0.1, -0.05) is 72.5 Å². The van der Waals surface area contributed by atoms with Crippen LogP contribution in [0.1, 0.15) is 17.5 Å². The second-order valence-electron chi connectivity index (χ2n) is 8.01. The minimum Gasteiger partial charge on any atom is -0.325 e. The molecule has 0 radical (unpaired) electrons. The van der Waals surface area contributed by atoms with Crippen molar-refractivity contribution in [3.63, 3.8) is 0 Å². The van der Waals surface area contributed by atoms with E-state index >= 15 is 0 Å². The fraction of sp³-hybridized carbons (Fsp3) is 0.160. The van der Waals surface area contributed by atoms with Gasteiger partial charge >= 0.3 is 6.18 Å². The maximum atomic E-state index is 13.0. The largest absolute Gasteiger partial charge is 0.416 e. The molecule has 0 spiro atoms. The lowest BCUT2D eigenvalue weighted by Gasteiger charge is -2.21. The van der Waals surface area contributed by atoms with Crippen LogP contribution in [0.25, 0.3) is 6.08 Å². The number of halogens is 3. The average molecular weight is 546 g/mol. The van der Waals surface area contributed by atoms with Crippen LogP contribution in [0.4, 0.5) is 18.9 Å². The van der Waals surface area contributed by atoms with Crippen molar-refractivity contribution >= 4 is 63.7 Å². The quantitative estimate of drug-likeness (QED) is 0.332. The molecule has 1 N–H and O–H groups in total. The van der Waals surface area contributed by atoms with E-state index in [0.29, 0.717) is 4.90 Å². The van der Waals surface area contributed by atoms with Gasteiger partial charge in [0.05, 0.1) is 16.9 Å². The van der Waals surface area contributed by atoms with E-state index in [1.807, 2.05) is 30.3 Å². The molecule has 7 nitrogen and oxygen atoms in total. The van der Waals surface area contributed by atoms with E-state index in [1.54, 1.807) is 18.2 Å². The highest BCUT2D eigenvalue weighted by Gasteiger charge is 2.48. The molecule has 12 heteroatoms. The van der Waals surface area contributed by atoms with E-state index in [-0.39, 0.29) is 21.3 Å². The number of hydrogen-bond acceptors (Lipinski definition) is 6. The molecule has 2 aliphatic heterocycles. The number of benzene rings is 2. The summed E-state index contributed by atoms with van der Waals surface area (Å²) in [7, 11) is 0. The van der Waals surface area contributed by atoms with E-state index in [9.17, 15) is 32.3 Å². The number of thiocarbonyl (C=S) groups is 1. The van der Waals surface area contributed by atoms with Crippen molar-refractivity contribution in [2.45, 2.75) is 18.6 Å². The first kappa shape index (κ1) is 26.3. The van der Waals surface area contributed by atoms with Crippen LogP contribution in [-0.2, 0) is 25.4 Å². The summed E-state index contributed by atoms with van der Waals surface area (Å²) < 4.78 is 38.8. The highest BCUT2D eigenvalue weighted by atomic mass is 32.2. The number of nitrogens with one attached hydrogen (secondary N) is 1. The number of amides is 4. The van der Waals surface area contributed by atoms with E-state index in [0.717, 1.165) is 40.4 Å². The van der Waals surface area contributed by atoms with Crippen molar-refractivity contribution in [3.8, 4) is 0 Å². The van der Waals surface area contributed by atoms with Crippen molar-refractivity contribution < 1.29 is 32.3 Å². The number of alkyl halides is 3. The van der Waals surface area contributed by atoms with Gasteiger partial charge in [0.1, 0.15) is 16.9 Å². The summed E-state index contributed by atoms with van der Waals surface area (Å²) in [6.45, 7) is -0.713. The third-order valence-electron chi connectivity index (χ3n) is 5.47. The molecule has 37 heavy (non-hydrogen) atoms. The third kappa shape index (κ3) is 5.97. The lowest BCUT2D eigenvalue weighted by molar-refractivity contribution is -0.143. The number of thioether (sulfide) groups is 1. The molecule has 4 rings (SSSR count). The van der Waals surface area contributed by atoms with Gasteiger partial charge in [-0.3, -0.25) is 29.0 Å². The normalized spacial score (nSPS) is 19.5. The van der Waals surface area contributed by atoms with Gasteiger partial charge < -0.3 is 5.32 Å². The number of imide groups is 1. The summed E-state index contributed by atoms with van der Waals surface area (Å²) in [4.78, 5) is 52.8. The Labute approximate surface area is 219 Å². The van der Waals surface area contributed by atoms with Gasteiger partial charge in [0.15, 0.2) is 0 Å². The van der Waals surface area contributed by atoms with Crippen LogP contribution in [-0.4, -0.2) is 50.3 Å². The Morgan fingerprint density at radius 2 is 1.84 bits per heavy atom. The Morgan fingerprint density at radius 3 is 2.54 bits per heavy atom. The summed E-state index contributed by atoms with van der Waals surface area (Å²) in [6.07, 6.45) is 0.0660. The topological polar surface area (TPSA) is 86.8 Å². The molecular weight excluding hydrogens is 527 g/mol. The number of nitrogens with zero attached hydrogens (tertiary/aromatic N) is 2. The lowest BCUT2D eigenvalue weighted by Crippen LogP contribution is -2.45. The van der Waals surface area contributed by atoms with E-state index < -0.39 is 48.0 Å². The Bertz CT molecular complexity index is 1340. The molecule has 0 bridgehead atoms. The number of rotatable bonds is 6. The number of anilines is 1. The molecule has 190 valence electrons.